The minimum absolute atomic E-state index is 0.976. The lowest BCUT2D eigenvalue weighted by molar-refractivity contribution is 1.24. The lowest BCUT2D eigenvalue weighted by atomic mass is 10.1. The Balaban J connectivity index is 1.50. The zero-order chi connectivity index (χ0) is 29.2. The molecule has 0 atom stereocenters. The van der Waals surface area contributed by atoms with Crippen LogP contribution in [0, 0.1) is 0 Å². The molecule has 0 spiro atoms. The van der Waals surface area contributed by atoms with Gasteiger partial charge in [-0.3, -0.25) is 4.40 Å². The molecule has 0 fully saturated rings. The topological polar surface area (TPSA) is 21.7 Å². The summed E-state index contributed by atoms with van der Waals surface area (Å²) in [7, 11) is 0. The van der Waals surface area contributed by atoms with Gasteiger partial charge in [-0.2, -0.15) is 0 Å². The molecule has 0 aliphatic heterocycles. The summed E-state index contributed by atoms with van der Waals surface area (Å²) in [5.74, 6) is 0. The van der Waals surface area contributed by atoms with Gasteiger partial charge in [-0.1, -0.05) is 72.8 Å². The number of aromatic nitrogens is 3. The number of fused-ring (bicyclic) bond motifs is 3. The second kappa shape index (κ2) is 8.47. The van der Waals surface area contributed by atoms with Crippen molar-refractivity contribution in [1.29, 1.82) is 0 Å². The van der Waals surface area contributed by atoms with E-state index in [1.807, 2.05) is 11.3 Å². The Morgan fingerprint density at radius 1 is 0.422 bits per heavy atom. The molecule has 12 aromatic rings. The summed E-state index contributed by atoms with van der Waals surface area (Å²) >= 11 is 1.86. The van der Waals surface area contributed by atoms with E-state index in [2.05, 4.69) is 148 Å². The smallest absolute Gasteiger partial charge is 0.146 e. The van der Waals surface area contributed by atoms with Gasteiger partial charge in [0, 0.05) is 52.8 Å². The van der Waals surface area contributed by atoms with E-state index >= 15 is 0 Å². The van der Waals surface area contributed by atoms with Crippen LogP contribution in [0.4, 0.5) is 0 Å². The largest absolute Gasteiger partial charge is 0.308 e. The van der Waals surface area contributed by atoms with E-state index in [0.29, 0.717) is 0 Å². The highest BCUT2D eigenvalue weighted by atomic mass is 32.1. The molecule has 45 heavy (non-hydrogen) atoms. The second-order valence-electron chi connectivity index (χ2n) is 12.0. The van der Waals surface area contributed by atoms with Gasteiger partial charge >= 0.3 is 0 Å². The van der Waals surface area contributed by atoms with Crippen molar-refractivity contribution in [2.75, 3.05) is 0 Å². The molecule has 0 N–H and O–H groups in total. The molecule has 12 rings (SSSR count). The van der Waals surface area contributed by atoms with Crippen LogP contribution in [0.25, 0.3) is 96.5 Å². The first-order valence-corrected chi connectivity index (χ1v) is 16.1. The van der Waals surface area contributed by atoms with Crippen LogP contribution in [0.1, 0.15) is 0 Å². The molecule has 4 heteroatoms. The number of hydrogen-bond donors (Lipinski definition) is 0. The highest BCUT2D eigenvalue weighted by molar-refractivity contribution is 7.25. The van der Waals surface area contributed by atoms with Crippen molar-refractivity contribution in [3.05, 3.63) is 140 Å². The van der Waals surface area contributed by atoms with Crippen LogP contribution in [0.5, 0.6) is 0 Å². The van der Waals surface area contributed by atoms with Crippen LogP contribution in [-0.4, -0.2) is 13.8 Å². The maximum Gasteiger partial charge on any atom is 0.146 e. The summed E-state index contributed by atoms with van der Waals surface area (Å²) in [6.45, 7) is 0. The predicted molar refractivity (Wildman–Crippen MR) is 193 cm³/mol. The van der Waals surface area contributed by atoms with E-state index in [4.69, 9.17) is 4.98 Å². The van der Waals surface area contributed by atoms with Crippen molar-refractivity contribution >= 4 is 108 Å². The highest BCUT2D eigenvalue weighted by Gasteiger charge is 2.19. The van der Waals surface area contributed by atoms with Crippen molar-refractivity contribution in [2.24, 2.45) is 0 Å². The van der Waals surface area contributed by atoms with Gasteiger partial charge < -0.3 is 4.40 Å². The Bertz CT molecular complexity index is 3100. The van der Waals surface area contributed by atoms with Crippen LogP contribution in [-0.2, 0) is 0 Å². The Morgan fingerprint density at radius 2 is 1.04 bits per heavy atom. The van der Waals surface area contributed by atoms with E-state index in [1.165, 1.54) is 68.8 Å². The Kier molecular flexibility index (Phi) is 4.46. The molecular formula is C41H23N3S. The first-order valence-electron chi connectivity index (χ1n) is 15.3. The third-order valence-electron chi connectivity index (χ3n) is 9.66. The summed E-state index contributed by atoms with van der Waals surface area (Å²) in [5.41, 5.74) is 6.70. The summed E-state index contributed by atoms with van der Waals surface area (Å²) < 4.78 is 7.35. The van der Waals surface area contributed by atoms with E-state index in [0.717, 1.165) is 27.7 Å². The minimum Gasteiger partial charge on any atom is -0.308 e. The van der Waals surface area contributed by atoms with Gasteiger partial charge in [0.2, 0.25) is 0 Å². The lowest BCUT2D eigenvalue weighted by Crippen LogP contribution is -1.89. The van der Waals surface area contributed by atoms with E-state index < -0.39 is 0 Å². The number of benzene rings is 6. The molecule has 208 valence electrons. The Labute approximate surface area is 260 Å². The third kappa shape index (κ3) is 3.11. The first-order chi connectivity index (χ1) is 22.3. The molecule has 0 unspecified atom stereocenters. The monoisotopic (exact) mass is 589 g/mol. The van der Waals surface area contributed by atoms with Gasteiger partial charge in [-0.25, -0.2) is 4.98 Å². The molecule has 14 bridgehead atoms. The number of rotatable bonds is 0. The SMILES string of the molecule is c1cc2cc(c1)c1cccc(c1)n1c3ccccc3c3c4c5ccccc5n(c5ccc6sc7ccc2cc7c6c5)c4cnc31. The van der Waals surface area contributed by atoms with Crippen LogP contribution in [0.3, 0.4) is 0 Å². The van der Waals surface area contributed by atoms with Crippen molar-refractivity contribution in [1.82, 2.24) is 13.8 Å². The average molecular weight is 590 g/mol. The molecule has 6 aromatic carbocycles. The molecule has 6 aromatic heterocycles. The summed E-state index contributed by atoms with van der Waals surface area (Å²) in [6.07, 6.45) is 2.08. The van der Waals surface area contributed by atoms with Crippen LogP contribution < -0.4 is 0 Å². The van der Waals surface area contributed by atoms with Crippen molar-refractivity contribution < 1.29 is 0 Å². The van der Waals surface area contributed by atoms with Gasteiger partial charge in [0.05, 0.1) is 22.7 Å². The first kappa shape index (κ1) is 23.7. The fraction of sp³-hybridized carbons (Fsp3) is 0. The quantitative estimate of drug-likeness (QED) is 0.172. The van der Waals surface area contributed by atoms with Gasteiger partial charge in [0.1, 0.15) is 5.65 Å². The maximum atomic E-state index is 5.26. The van der Waals surface area contributed by atoms with E-state index in [-0.39, 0.29) is 0 Å². The van der Waals surface area contributed by atoms with Crippen molar-refractivity contribution in [3.8, 4) is 0 Å². The molecular weight excluding hydrogens is 567 g/mol. The number of hydrogen-bond acceptors (Lipinski definition) is 2. The molecule has 6 heterocycles. The molecule has 0 aliphatic carbocycles. The van der Waals surface area contributed by atoms with Gasteiger partial charge in [0.15, 0.2) is 0 Å². The zero-order valence-corrected chi connectivity index (χ0v) is 24.8. The zero-order valence-electron chi connectivity index (χ0n) is 24.0. The van der Waals surface area contributed by atoms with Gasteiger partial charge in [-0.15, -0.1) is 11.3 Å². The summed E-state index contributed by atoms with van der Waals surface area (Å²) in [4.78, 5) is 5.26. The molecule has 3 nitrogen and oxygen atoms in total. The van der Waals surface area contributed by atoms with E-state index in [1.54, 1.807) is 0 Å². The highest BCUT2D eigenvalue weighted by Crippen LogP contribution is 2.41. The number of thiophene rings is 1. The fourth-order valence-corrected chi connectivity index (χ4v) is 8.76. The Hall–Kier alpha value is -5.71. The maximum absolute atomic E-state index is 5.26. The van der Waals surface area contributed by atoms with Crippen molar-refractivity contribution in [2.45, 2.75) is 0 Å². The minimum atomic E-state index is 0.976. The summed E-state index contributed by atoms with van der Waals surface area (Å²) in [6, 6.07) is 49.3. The standard InChI is InChI=1S/C41H23N3S/c1-3-13-34-30(11-1)39-36-23-42-41-40(39)31-12-2-4-14-35(31)44(41)28-10-6-9-26(20-28)24-7-5-8-25(19-24)27-15-17-37-32(21-27)33-22-29(43(34)36)16-18-38(33)45-37/h1-23H. The second-order valence-corrected chi connectivity index (χ2v) is 13.1. The van der Waals surface area contributed by atoms with Crippen LogP contribution in [0.15, 0.2) is 140 Å². The average Bonchev–Trinajstić information content (AvgIpc) is 3.75. The molecule has 0 saturated heterocycles. The number of para-hydroxylation sites is 2. The molecule has 0 radical (unpaired) electrons. The number of nitrogens with zero attached hydrogens (tertiary/aromatic N) is 3. The summed E-state index contributed by atoms with van der Waals surface area (Å²) in [5, 5.41) is 12.3. The Morgan fingerprint density at radius 3 is 1.87 bits per heavy atom. The molecule has 0 saturated carbocycles. The van der Waals surface area contributed by atoms with Crippen LogP contribution >= 0.6 is 11.3 Å². The van der Waals surface area contributed by atoms with E-state index in [9.17, 15) is 0 Å². The van der Waals surface area contributed by atoms with Crippen LogP contribution in [0.2, 0.25) is 0 Å². The predicted octanol–water partition coefficient (Wildman–Crippen LogP) is 11.4. The van der Waals surface area contributed by atoms with Gasteiger partial charge in [0.25, 0.3) is 0 Å². The number of pyridine rings is 1. The van der Waals surface area contributed by atoms with Crippen molar-refractivity contribution in [3.63, 3.8) is 0 Å². The fourth-order valence-electron chi connectivity index (χ4n) is 7.69. The molecule has 0 amide bonds. The molecule has 0 aliphatic rings. The van der Waals surface area contributed by atoms with Gasteiger partial charge in [-0.05, 0) is 82.2 Å². The lowest BCUT2D eigenvalue weighted by Gasteiger charge is -2.03. The third-order valence-corrected chi connectivity index (χ3v) is 10.8. The normalized spacial score (nSPS) is 12.4.